The fourth-order valence-electron chi connectivity index (χ4n) is 2.01. The van der Waals surface area contributed by atoms with Crippen molar-refractivity contribution >= 4 is 47.5 Å². The molecule has 3 N–H and O–H groups in total. The van der Waals surface area contributed by atoms with Gasteiger partial charge in [0, 0.05) is 23.2 Å². The SMILES string of the molecule is CC(C)CC(CN)NC(=O)CSCC(=O)c1ccc(Cl)cc1.Cl. The average Bonchev–Trinajstić information content (AvgIpc) is 2.46. The zero-order valence-electron chi connectivity index (χ0n) is 13.4. The van der Waals surface area contributed by atoms with E-state index in [-0.39, 0.29) is 41.6 Å². The predicted molar refractivity (Wildman–Crippen MR) is 101 cm³/mol. The Balaban J connectivity index is 0.00000484. The summed E-state index contributed by atoms with van der Waals surface area (Å²) in [5.41, 5.74) is 6.26. The summed E-state index contributed by atoms with van der Waals surface area (Å²) in [4.78, 5) is 23.8. The van der Waals surface area contributed by atoms with Gasteiger partial charge in [-0.3, -0.25) is 9.59 Å². The minimum atomic E-state index is -0.0787. The molecule has 1 unspecified atom stereocenters. The second kappa shape index (κ2) is 11.7. The smallest absolute Gasteiger partial charge is 0.230 e. The molecule has 7 heteroatoms. The van der Waals surface area contributed by atoms with Crippen LogP contribution in [-0.2, 0) is 4.79 Å². The molecule has 0 aliphatic carbocycles. The molecule has 23 heavy (non-hydrogen) atoms. The minimum Gasteiger partial charge on any atom is -0.351 e. The molecule has 0 saturated carbocycles. The van der Waals surface area contributed by atoms with Gasteiger partial charge in [-0.15, -0.1) is 24.2 Å². The molecule has 0 bridgehead atoms. The van der Waals surface area contributed by atoms with Crippen molar-refractivity contribution in [2.24, 2.45) is 11.7 Å². The van der Waals surface area contributed by atoms with Crippen LogP contribution in [0, 0.1) is 5.92 Å². The first-order chi connectivity index (χ1) is 10.4. The topological polar surface area (TPSA) is 72.2 Å². The van der Waals surface area contributed by atoms with Crippen LogP contribution in [0.3, 0.4) is 0 Å². The molecule has 1 aromatic carbocycles. The molecule has 1 rings (SSSR count). The van der Waals surface area contributed by atoms with E-state index >= 15 is 0 Å². The minimum absolute atomic E-state index is 0. The summed E-state index contributed by atoms with van der Waals surface area (Å²) in [7, 11) is 0. The number of ketones is 1. The van der Waals surface area contributed by atoms with E-state index in [0.29, 0.717) is 23.0 Å². The van der Waals surface area contributed by atoms with Gasteiger partial charge in [0.25, 0.3) is 0 Å². The lowest BCUT2D eigenvalue weighted by molar-refractivity contribution is -0.119. The molecule has 130 valence electrons. The van der Waals surface area contributed by atoms with E-state index in [9.17, 15) is 9.59 Å². The van der Waals surface area contributed by atoms with Gasteiger partial charge in [-0.1, -0.05) is 25.4 Å². The maximum absolute atomic E-state index is 11.9. The van der Waals surface area contributed by atoms with E-state index in [4.69, 9.17) is 17.3 Å². The summed E-state index contributed by atoms with van der Waals surface area (Å²) >= 11 is 7.09. The van der Waals surface area contributed by atoms with Crippen LogP contribution in [0.15, 0.2) is 24.3 Å². The molecule has 0 aromatic heterocycles. The van der Waals surface area contributed by atoms with Crippen molar-refractivity contribution in [1.82, 2.24) is 5.32 Å². The first-order valence-corrected chi connectivity index (χ1v) is 8.81. The average molecular weight is 379 g/mol. The summed E-state index contributed by atoms with van der Waals surface area (Å²) < 4.78 is 0. The summed E-state index contributed by atoms with van der Waals surface area (Å²) in [6, 6.07) is 6.75. The van der Waals surface area contributed by atoms with Gasteiger partial charge in [-0.2, -0.15) is 0 Å². The lowest BCUT2D eigenvalue weighted by Gasteiger charge is -2.18. The van der Waals surface area contributed by atoms with E-state index in [1.54, 1.807) is 24.3 Å². The van der Waals surface area contributed by atoms with Gasteiger partial charge in [-0.05, 0) is 36.6 Å². The number of carbonyl (C=O) groups is 2. The molecule has 0 saturated heterocycles. The Morgan fingerprint density at radius 3 is 2.35 bits per heavy atom. The highest BCUT2D eigenvalue weighted by Gasteiger charge is 2.13. The van der Waals surface area contributed by atoms with Gasteiger partial charge in [0.15, 0.2) is 5.78 Å². The summed E-state index contributed by atoms with van der Waals surface area (Å²) in [6.07, 6.45) is 0.858. The zero-order valence-corrected chi connectivity index (χ0v) is 15.8. The second-order valence-electron chi connectivity index (χ2n) is 5.55. The van der Waals surface area contributed by atoms with E-state index in [1.807, 2.05) is 0 Å². The Morgan fingerprint density at radius 2 is 1.83 bits per heavy atom. The van der Waals surface area contributed by atoms with Crippen LogP contribution in [0.5, 0.6) is 0 Å². The normalized spacial score (nSPS) is 11.7. The highest BCUT2D eigenvalue weighted by molar-refractivity contribution is 8.00. The second-order valence-corrected chi connectivity index (χ2v) is 6.97. The van der Waals surface area contributed by atoms with Crippen LogP contribution in [-0.4, -0.2) is 35.8 Å². The number of hydrogen-bond acceptors (Lipinski definition) is 4. The highest BCUT2D eigenvalue weighted by Crippen LogP contribution is 2.12. The van der Waals surface area contributed by atoms with E-state index in [1.165, 1.54) is 11.8 Å². The van der Waals surface area contributed by atoms with Crippen molar-refractivity contribution in [1.29, 1.82) is 0 Å². The number of rotatable bonds is 9. The van der Waals surface area contributed by atoms with Crippen LogP contribution >= 0.6 is 35.8 Å². The molecule has 0 aliphatic heterocycles. The van der Waals surface area contributed by atoms with Crippen molar-refractivity contribution in [2.75, 3.05) is 18.1 Å². The third-order valence-corrected chi connectivity index (χ3v) is 4.22. The van der Waals surface area contributed by atoms with Crippen molar-refractivity contribution in [3.8, 4) is 0 Å². The largest absolute Gasteiger partial charge is 0.351 e. The lowest BCUT2D eigenvalue weighted by atomic mass is 10.0. The molecule has 1 atom stereocenters. The number of benzene rings is 1. The van der Waals surface area contributed by atoms with Crippen LogP contribution < -0.4 is 11.1 Å². The number of halogens is 2. The number of carbonyl (C=O) groups excluding carboxylic acids is 2. The first kappa shape index (κ1) is 22.2. The van der Waals surface area contributed by atoms with Crippen molar-refractivity contribution in [3.63, 3.8) is 0 Å². The number of amides is 1. The molecule has 1 aromatic rings. The summed E-state index contributed by atoms with van der Waals surface area (Å²) in [5, 5.41) is 3.50. The van der Waals surface area contributed by atoms with Gasteiger partial charge in [-0.25, -0.2) is 0 Å². The molecule has 0 heterocycles. The Labute approximate surface area is 153 Å². The quantitative estimate of drug-likeness (QED) is 0.647. The van der Waals surface area contributed by atoms with Crippen LogP contribution in [0.2, 0.25) is 5.02 Å². The maximum atomic E-state index is 11.9. The molecule has 0 spiro atoms. The number of hydrogen-bond donors (Lipinski definition) is 2. The summed E-state index contributed by atoms with van der Waals surface area (Å²) in [6.45, 7) is 4.61. The maximum Gasteiger partial charge on any atom is 0.230 e. The third kappa shape index (κ3) is 9.20. The van der Waals surface area contributed by atoms with Crippen LogP contribution in [0.1, 0.15) is 30.6 Å². The Morgan fingerprint density at radius 1 is 1.22 bits per heavy atom. The molecular formula is C16H24Cl2N2O2S. The summed E-state index contributed by atoms with van der Waals surface area (Å²) in [5.74, 6) is 0.922. The molecular weight excluding hydrogens is 355 g/mol. The van der Waals surface area contributed by atoms with Crippen LogP contribution in [0.25, 0.3) is 0 Å². The molecule has 1 amide bonds. The standard InChI is InChI=1S/C16H23ClN2O2S.ClH/c1-11(2)7-14(8-18)19-16(21)10-22-9-15(20)12-3-5-13(17)6-4-12;/h3-6,11,14H,7-10,18H2,1-2H3,(H,19,21);1H. The molecule has 4 nitrogen and oxygen atoms in total. The monoisotopic (exact) mass is 378 g/mol. The zero-order chi connectivity index (χ0) is 16.5. The molecule has 0 fully saturated rings. The van der Waals surface area contributed by atoms with Gasteiger partial charge in [0.05, 0.1) is 11.5 Å². The fraction of sp³-hybridized carbons (Fsp3) is 0.500. The van der Waals surface area contributed by atoms with Gasteiger partial charge < -0.3 is 11.1 Å². The van der Waals surface area contributed by atoms with Crippen molar-refractivity contribution < 1.29 is 9.59 Å². The Hall–Kier alpha value is -0.750. The van der Waals surface area contributed by atoms with Crippen molar-refractivity contribution in [3.05, 3.63) is 34.9 Å². The number of nitrogens with two attached hydrogens (primary N) is 1. The third-order valence-electron chi connectivity index (χ3n) is 3.04. The van der Waals surface area contributed by atoms with E-state index < -0.39 is 0 Å². The van der Waals surface area contributed by atoms with Crippen LogP contribution in [0.4, 0.5) is 0 Å². The lowest BCUT2D eigenvalue weighted by Crippen LogP contribution is -2.41. The van der Waals surface area contributed by atoms with Gasteiger partial charge in [0.1, 0.15) is 0 Å². The fourth-order valence-corrected chi connectivity index (χ4v) is 2.86. The van der Waals surface area contributed by atoms with Crippen molar-refractivity contribution in [2.45, 2.75) is 26.3 Å². The highest BCUT2D eigenvalue weighted by atomic mass is 35.5. The molecule has 0 radical (unpaired) electrons. The van der Waals surface area contributed by atoms with Gasteiger partial charge >= 0.3 is 0 Å². The van der Waals surface area contributed by atoms with E-state index in [2.05, 4.69) is 19.2 Å². The van der Waals surface area contributed by atoms with E-state index in [0.717, 1.165) is 6.42 Å². The number of Topliss-reactive ketones (excluding diaryl/α,β-unsaturated/α-hetero) is 1. The number of nitrogens with one attached hydrogen (secondary N) is 1. The Bertz CT molecular complexity index is 495. The number of thioether (sulfide) groups is 1. The van der Waals surface area contributed by atoms with Gasteiger partial charge in [0.2, 0.25) is 5.91 Å². The first-order valence-electron chi connectivity index (χ1n) is 7.28. The predicted octanol–water partition coefficient (Wildman–Crippen LogP) is 3.17. The Kier molecular flexibility index (Phi) is 11.4. The molecule has 0 aliphatic rings.